The van der Waals surface area contributed by atoms with Crippen LogP contribution >= 0.6 is 11.8 Å². The molecule has 0 aromatic carbocycles. The van der Waals surface area contributed by atoms with Crippen molar-refractivity contribution in [3.63, 3.8) is 0 Å². The van der Waals surface area contributed by atoms with Gasteiger partial charge in [0, 0.05) is 18.8 Å². The molecule has 1 saturated heterocycles. The van der Waals surface area contributed by atoms with Crippen LogP contribution in [0.1, 0.15) is 12.1 Å². The van der Waals surface area contributed by atoms with Gasteiger partial charge in [0.05, 0.1) is 6.61 Å². The van der Waals surface area contributed by atoms with Crippen LogP contribution in [0.2, 0.25) is 0 Å². The average molecular weight is 346 g/mol. The minimum absolute atomic E-state index is 0.00855. The van der Waals surface area contributed by atoms with E-state index in [-0.39, 0.29) is 17.1 Å². The van der Waals surface area contributed by atoms with E-state index in [9.17, 15) is 20.1 Å². The van der Waals surface area contributed by atoms with Gasteiger partial charge in [0.15, 0.2) is 17.4 Å². The first-order valence-electron chi connectivity index (χ1n) is 6.88. The Morgan fingerprint density at radius 2 is 2.04 bits per heavy atom. The molecule has 126 valence electrons. The van der Waals surface area contributed by atoms with Crippen molar-refractivity contribution in [3.05, 3.63) is 16.2 Å². The fourth-order valence-corrected chi connectivity index (χ4v) is 2.99. The standard InChI is InChI=1S/C12H16ClN5O5/c1-4-15-6-9(22)16-12(14-2)18(13)10(6)17(4)11-8(21)7(20)5(3-19)23-11/h5,7-8,11,19-21H,3H2,1-2H3,(H,14,16,22). The zero-order valence-electron chi connectivity index (χ0n) is 12.3. The molecule has 0 saturated carbocycles. The molecule has 0 bridgehead atoms. The lowest BCUT2D eigenvalue weighted by Gasteiger charge is -2.19. The summed E-state index contributed by atoms with van der Waals surface area (Å²) in [6.07, 6.45) is -4.60. The fourth-order valence-electron chi connectivity index (χ4n) is 2.71. The fraction of sp³-hybridized carbons (Fsp3) is 0.583. The van der Waals surface area contributed by atoms with Gasteiger partial charge in [-0.15, -0.1) is 0 Å². The van der Waals surface area contributed by atoms with Crippen LogP contribution in [0, 0.1) is 6.92 Å². The molecule has 0 amide bonds. The average Bonchev–Trinajstić information content (AvgIpc) is 3.01. The highest BCUT2D eigenvalue weighted by atomic mass is 35.5. The minimum Gasteiger partial charge on any atom is -0.394 e. The Labute approximate surface area is 135 Å². The van der Waals surface area contributed by atoms with E-state index in [1.807, 2.05) is 0 Å². The molecule has 0 radical (unpaired) electrons. The number of aryl methyl sites for hydroxylation is 1. The summed E-state index contributed by atoms with van der Waals surface area (Å²) < 4.78 is 7.98. The monoisotopic (exact) mass is 345 g/mol. The number of aromatic nitrogens is 4. The van der Waals surface area contributed by atoms with Crippen LogP contribution in [-0.4, -0.2) is 65.9 Å². The third kappa shape index (κ3) is 2.30. The highest BCUT2D eigenvalue weighted by Gasteiger charge is 2.44. The zero-order chi connectivity index (χ0) is 16.9. The third-order valence-corrected chi connectivity index (χ3v) is 4.16. The number of aliphatic hydroxyl groups is 3. The maximum atomic E-state index is 12.1. The summed E-state index contributed by atoms with van der Waals surface area (Å²) in [5, 5.41) is 32.0. The van der Waals surface area contributed by atoms with Crippen LogP contribution in [0.25, 0.3) is 11.2 Å². The van der Waals surface area contributed by atoms with Crippen molar-refractivity contribution in [2.24, 2.45) is 0 Å². The molecule has 1 aliphatic heterocycles. The van der Waals surface area contributed by atoms with Gasteiger partial charge in [0.1, 0.15) is 24.1 Å². The molecular weight excluding hydrogens is 330 g/mol. The van der Waals surface area contributed by atoms with Crippen LogP contribution in [-0.2, 0) is 4.74 Å². The second kappa shape index (κ2) is 5.73. The Balaban J connectivity index is 2.24. The number of nitrogens with one attached hydrogen (secondary N) is 1. The van der Waals surface area contributed by atoms with Crippen LogP contribution in [0.4, 0.5) is 5.95 Å². The van der Waals surface area contributed by atoms with E-state index in [0.717, 1.165) is 4.09 Å². The summed E-state index contributed by atoms with van der Waals surface area (Å²) >= 11 is 6.21. The molecule has 3 rings (SSSR count). The lowest BCUT2D eigenvalue weighted by molar-refractivity contribution is -0.0520. The molecule has 4 atom stereocenters. The van der Waals surface area contributed by atoms with E-state index in [1.165, 1.54) is 4.57 Å². The van der Waals surface area contributed by atoms with Gasteiger partial charge in [-0.05, 0) is 6.92 Å². The van der Waals surface area contributed by atoms with Crippen LogP contribution in [0.3, 0.4) is 0 Å². The Bertz CT molecular complexity index is 805. The quantitative estimate of drug-likeness (QED) is 0.531. The van der Waals surface area contributed by atoms with Gasteiger partial charge in [-0.3, -0.25) is 9.36 Å². The largest absolute Gasteiger partial charge is 0.394 e. The molecule has 4 N–H and O–H groups in total. The zero-order valence-corrected chi connectivity index (χ0v) is 13.1. The molecule has 3 heterocycles. The summed E-state index contributed by atoms with van der Waals surface area (Å²) in [5.41, 5.74) is -0.410. The second-order valence-electron chi connectivity index (χ2n) is 5.20. The number of imidazole rings is 1. The van der Waals surface area contributed by atoms with Crippen LogP contribution < -0.4 is 10.9 Å². The Kier molecular flexibility index (Phi) is 4.02. The highest BCUT2D eigenvalue weighted by Crippen LogP contribution is 2.33. The number of fused-ring (bicyclic) bond motifs is 1. The third-order valence-electron chi connectivity index (χ3n) is 3.84. The first kappa shape index (κ1) is 16.1. The molecular formula is C12H16ClN5O5. The molecule has 2 aromatic rings. The maximum Gasteiger partial charge on any atom is 0.302 e. The molecule has 1 fully saturated rings. The number of hydrogen-bond donors (Lipinski definition) is 4. The maximum absolute atomic E-state index is 12.1. The van der Waals surface area contributed by atoms with Gasteiger partial charge in [-0.25, -0.2) is 9.07 Å². The van der Waals surface area contributed by atoms with E-state index >= 15 is 0 Å². The lowest BCUT2D eigenvalue weighted by atomic mass is 10.1. The van der Waals surface area contributed by atoms with Gasteiger partial charge in [-0.1, -0.05) is 0 Å². The molecule has 11 heteroatoms. The molecule has 1 aliphatic rings. The molecule has 23 heavy (non-hydrogen) atoms. The van der Waals surface area contributed by atoms with Crippen molar-refractivity contribution >= 4 is 28.9 Å². The van der Waals surface area contributed by atoms with Crippen LogP contribution in [0.5, 0.6) is 0 Å². The van der Waals surface area contributed by atoms with E-state index < -0.39 is 36.7 Å². The smallest absolute Gasteiger partial charge is 0.302 e. The number of ether oxygens (including phenoxy) is 1. The van der Waals surface area contributed by atoms with Crippen molar-refractivity contribution in [1.82, 2.24) is 18.6 Å². The van der Waals surface area contributed by atoms with Crippen LogP contribution in [0.15, 0.2) is 4.79 Å². The SMILES string of the molecule is CNc1nc(=O)c2nc(C)n(C3OC(CO)C(O)C3O)c2n1Cl. The molecule has 10 nitrogen and oxygen atoms in total. The van der Waals surface area contributed by atoms with Gasteiger partial charge in [0.25, 0.3) is 0 Å². The van der Waals surface area contributed by atoms with E-state index in [0.29, 0.717) is 5.82 Å². The van der Waals surface area contributed by atoms with Gasteiger partial charge in [-0.2, -0.15) is 4.98 Å². The van der Waals surface area contributed by atoms with Gasteiger partial charge < -0.3 is 25.4 Å². The van der Waals surface area contributed by atoms with Crippen molar-refractivity contribution in [2.45, 2.75) is 31.5 Å². The number of rotatable bonds is 3. The first-order valence-corrected chi connectivity index (χ1v) is 7.22. The lowest BCUT2D eigenvalue weighted by Crippen LogP contribution is -2.33. The number of nitrogens with zero attached hydrogens (tertiary/aromatic N) is 4. The molecule has 4 unspecified atom stereocenters. The topological polar surface area (TPSA) is 135 Å². The van der Waals surface area contributed by atoms with E-state index in [1.54, 1.807) is 14.0 Å². The summed E-state index contributed by atoms with van der Waals surface area (Å²) in [6.45, 7) is 1.14. The number of halogens is 1. The van der Waals surface area contributed by atoms with Crippen molar-refractivity contribution in [1.29, 1.82) is 0 Å². The Morgan fingerprint density at radius 3 is 2.61 bits per heavy atom. The predicted octanol–water partition coefficient (Wildman–Crippen LogP) is -1.44. The predicted molar refractivity (Wildman–Crippen MR) is 80.3 cm³/mol. The summed E-state index contributed by atoms with van der Waals surface area (Å²) in [4.78, 5) is 20.0. The summed E-state index contributed by atoms with van der Waals surface area (Å²) in [7, 11) is 1.55. The normalized spacial score (nSPS) is 27.7. The second-order valence-corrected chi connectivity index (χ2v) is 5.54. The molecule has 0 spiro atoms. The Morgan fingerprint density at radius 1 is 1.35 bits per heavy atom. The number of anilines is 1. The van der Waals surface area contributed by atoms with E-state index in [4.69, 9.17) is 16.5 Å². The van der Waals surface area contributed by atoms with Gasteiger partial charge >= 0.3 is 5.56 Å². The number of hydrogen-bond acceptors (Lipinski definition) is 8. The minimum atomic E-state index is -1.32. The molecule has 2 aromatic heterocycles. The summed E-state index contributed by atoms with van der Waals surface area (Å²) in [6, 6.07) is 0. The van der Waals surface area contributed by atoms with Crippen molar-refractivity contribution in [3.8, 4) is 0 Å². The van der Waals surface area contributed by atoms with Gasteiger partial charge in [0.2, 0.25) is 5.95 Å². The van der Waals surface area contributed by atoms with Crippen molar-refractivity contribution < 1.29 is 20.1 Å². The van der Waals surface area contributed by atoms with E-state index in [2.05, 4.69) is 15.3 Å². The highest BCUT2D eigenvalue weighted by molar-refractivity contribution is 6.19. The molecule has 0 aliphatic carbocycles. The van der Waals surface area contributed by atoms with Crippen molar-refractivity contribution in [2.75, 3.05) is 19.0 Å². The first-order chi connectivity index (χ1) is 10.9. The number of aliphatic hydroxyl groups excluding tert-OH is 3. The Hall–Kier alpha value is -1.72. The summed E-state index contributed by atoms with van der Waals surface area (Å²) in [5.74, 6) is 0.438.